The highest BCUT2D eigenvalue weighted by atomic mass is 35.5. The zero-order valence-corrected chi connectivity index (χ0v) is 40.7. The van der Waals surface area contributed by atoms with Crippen molar-refractivity contribution in [3.8, 4) is 11.5 Å². The summed E-state index contributed by atoms with van der Waals surface area (Å²) in [4.78, 5) is 66.2. The van der Waals surface area contributed by atoms with Crippen LogP contribution in [0.3, 0.4) is 0 Å². The van der Waals surface area contributed by atoms with E-state index in [4.69, 9.17) is 24.9 Å². The van der Waals surface area contributed by atoms with Gasteiger partial charge in [-0.15, -0.1) is 12.4 Å². The Bertz CT molecular complexity index is 2550. The van der Waals surface area contributed by atoms with Crippen LogP contribution < -0.4 is 31.2 Å². The summed E-state index contributed by atoms with van der Waals surface area (Å²) in [6.45, 7) is 5.30. The zero-order chi connectivity index (χ0) is 49.2. The van der Waals surface area contributed by atoms with Crippen LogP contribution in [0.5, 0.6) is 11.5 Å². The van der Waals surface area contributed by atoms with Crippen LogP contribution >= 0.6 is 12.4 Å². The number of oxime groups is 2. The van der Waals surface area contributed by atoms with Crippen LogP contribution in [0.2, 0.25) is 0 Å². The molecular formula is C49H61ClF2N10O8. The van der Waals surface area contributed by atoms with Crippen molar-refractivity contribution in [3.63, 3.8) is 0 Å². The van der Waals surface area contributed by atoms with E-state index in [1.165, 1.54) is 39.3 Å². The lowest BCUT2D eigenvalue weighted by Gasteiger charge is -2.31. The highest BCUT2D eigenvalue weighted by molar-refractivity contribution is 6.02. The van der Waals surface area contributed by atoms with Crippen molar-refractivity contribution < 1.29 is 47.4 Å². The fourth-order valence-electron chi connectivity index (χ4n) is 8.91. The van der Waals surface area contributed by atoms with E-state index in [-0.39, 0.29) is 90.4 Å². The Balaban J connectivity index is 0.000000229. The molecule has 2 aromatic heterocycles. The number of carbonyl (C=O) groups is 3. The van der Waals surface area contributed by atoms with Gasteiger partial charge in [-0.3, -0.25) is 14.4 Å². The van der Waals surface area contributed by atoms with Crippen LogP contribution in [0, 0.1) is 37.3 Å². The maximum absolute atomic E-state index is 13.6. The minimum absolute atomic E-state index is 0. The summed E-state index contributed by atoms with van der Waals surface area (Å²) in [6, 6.07) is 12.4. The molecule has 0 saturated heterocycles. The van der Waals surface area contributed by atoms with E-state index < -0.39 is 17.7 Å². The van der Waals surface area contributed by atoms with Gasteiger partial charge in [0.1, 0.15) is 52.8 Å². The average Bonchev–Trinajstić information content (AvgIpc) is 4.06. The fraction of sp³-hybridized carbons (Fsp3) is 0.490. The lowest BCUT2D eigenvalue weighted by Crippen LogP contribution is -2.43. The smallest absolute Gasteiger partial charge is 0.270 e. The standard InChI is InChI=1S/C26H32FN5O5.C23H28FN5O3.ClH/c1-14(33)25(34)31-18-7-5-17(6-8-18)23-12-21(32-37-23)20-11-22(30-15(2)29-20)26(35)28-13-16-4-9-19(27)24(10-16)36-3;1-13-27-18(19-11-21(32-29-19)15-4-6-16(25)7-5-15)10-20(28-13)23(30)26-12-14-3-8-17(24)22(9-14)31-2;/h4,9-11,14,17-18,23,33H,5-8,12-13H2,1-3H3,(H,28,35)(H,31,34);3,8-10,15-16,21H,4-7,11-12,25H2,1-2H3,(H,26,30);1H/t14-,17?,18?,23?;;/m0../s1. The first-order valence-corrected chi connectivity index (χ1v) is 23.3. The molecule has 0 radical (unpaired) electrons. The molecule has 4 heterocycles. The third-order valence-electron chi connectivity index (χ3n) is 12.8. The number of rotatable bonds is 14. The molecule has 21 heteroatoms. The normalized spacial score (nSPS) is 22.0. The van der Waals surface area contributed by atoms with Gasteiger partial charge in [0.15, 0.2) is 23.1 Å². The number of nitrogens with zero attached hydrogens (tertiary/aromatic N) is 6. The Morgan fingerprint density at radius 2 is 1.13 bits per heavy atom. The molecule has 2 unspecified atom stereocenters. The second-order valence-electron chi connectivity index (χ2n) is 17.9. The number of ether oxygens (including phenoxy) is 2. The molecule has 6 N–H and O–H groups in total. The molecule has 2 aliphatic heterocycles. The Morgan fingerprint density at radius 1 is 0.700 bits per heavy atom. The van der Waals surface area contributed by atoms with Crippen molar-refractivity contribution in [3.05, 3.63) is 106 Å². The van der Waals surface area contributed by atoms with Gasteiger partial charge in [-0.05, 0) is 131 Å². The molecular weight excluding hydrogens is 930 g/mol. The van der Waals surface area contributed by atoms with Gasteiger partial charge in [0.05, 0.1) is 25.6 Å². The highest BCUT2D eigenvalue weighted by Gasteiger charge is 2.36. The molecule has 70 heavy (non-hydrogen) atoms. The minimum Gasteiger partial charge on any atom is -0.494 e. The molecule has 3 atom stereocenters. The highest BCUT2D eigenvalue weighted by Crippen LogP contribution is 2.34. The van der Waals surface area contributed by atoms with E-state index in [2.05, 4.69) is 46.2 Å². The summed E-state index contributed by atoms with van der Waals surface area (Å²) < 4.78 is 37.2. The number of hydrogen-bond donors (Lipinski definition) is 5. The zero-order valence-electron chi connectivity index (χ0n) is 39.9. The number of aliphatic hydroxyl groups excluding tert-OH is 1. The van der Waals surface area contributed by atoms with Crippen molar-refractivity contribution in [2.45, 2.75) is 128 Å². The summed E-state index contributed by atoms with van der Waals surface area (Å²) >= 11 is 0. The number of methoxy groups -OCH3 is 2. The van der Waals surface area contributed by atoms with E-state index in [9.17, 15) is 28.3 Å². The second-order valence-corrected chi connectivity index (χ2v) is 17.9. The van der Waals surface area contributed by atoms with Gasteiger partial charge in [0, 0.05) is 38.0 Å². The molecule has 8 rings (SSSR count). The predicted octanol–water partition coefficient (Wildman–Crippen LogP) is 5.71. The van der Waals surface area contributed by atoms with Crippen LogP contribution in [0.4, 0.5) is 8.78 Å². The van der Waals surface area contributed by atoms with Gasteiger partial charge >= 0.3 is 0 Å². The quantitative estimate of drug-likeness (QED) is 0.102. The first-order chi connectivity index (χ1) is 33.2. The molecule has 2 saturated carbocycles. The van der Waals surface area contributed by atoms with E-state index in [1.807, 2.05) is 0 Å². The number of amides is 3. The molecule has 2 fully saturated rings. The topological polar surface area (TPSA) is 247 Å². The average molecular weight is 992 g/mol. The number of aryl methyl sites for hydroxylation is 2. The third-order valence-corrected chi connectivity index (χ3v) is 12.8. The molecule has 3 amide bonds. The van der Waals surface area contributed by atoms with Gasteiger partial charge in [-0.25, -0.2) is 28.7 Å². The summed E-state index contributed by atoms with van der Waals surface area (Å²) in [5, 5.41) is 26.4. The number of nitrogens with two attached hydrogens (primary N) is 1. The van der Waals surface area contributed by atoms with Crippen molar-refractivity contribution >= 4 is 41.6 Å². The van der Waals surface area contributed by atoms with E-state index in [1.54, 1.807) is 44.2 Å². The van der Waals surface area contributed by atoms with Crippen molar-refractivity contribution in [1.29, 1.82) is 0 Å². The summed E-state index contributed by atoms with van der Waals surface area (Å²) in [5.74, 6) is -0.116. The Hall–Kier alpha value is -6.38. The number of hydrogen-bond acceptors (Lipinski definition) is 15. The molecule has 2 aromatic carbocycles. The first kappa shape index (κ1) is 53.0. The Morgan fingerprint density at radius 3 is 1.54 bits per heavy atom. The molecule has 18 nitrogen and oxygen atoms in total. The number of aromatic nitrogens is 4. The predicted molar refractivity (Wildman–Crippen MR) is 257 cm³/mol. The van der Waals surface area contributed by atoms with Crippen LogP contribution in [0.15, 0.2) is 58.8 Å². The van der Waals surface area contributed by atoms with E-state index in [0.29, 0.717) is 64.6 Å². The van der Waals surface area contributed by atoms with Crippen LogP contribution in [-0.4, -0.2) is 98.8 Å². The number of aliphatic hydroxyl groups is 1. The Kier molecular flexibility index (Phi) is 18.5. The second kappa shape index (κ2) is 24.4. The maximum atomic E-state index is 13.6. The number of halogens is 3. The number of nitrogens with one attached hydrogen (secondary N) is 3. The molecule has 2 aliphatic carbocycles. The van der Waals surface area contributed by atoms with Crippen molar-refractivity contribution in [2.75, 3.05) is 14.2 Å². The van der Waals surface area contributed by atoms with Crippen LogP contribution in [0.1, 0.15) is 126 Å². The van der Waals surface area contributed by atoms with Crippen LogP contribution in [-0.2, 0) is 27.6 Å². The Labute approximate surface area is 411 Å². The van der Waals surface area contributed by atoms with E-state index in [0.717, 1.165) is 57.1 Å². The van der Waals surface area contributed by atoms with Gasteiger partial charge in [-0.2, -0.15) is 0 Å². The molecule has 0 bridgehead atoms. The van der Waals surface area contributed by atoms with Crippen molar-refractivity contribution in [1.82, 2.24) is 35.9 Å². The summed E-state index contributed by atoms with van der Waals surface area (Å²) in [6.07, 6.45) is 7.64. The fourth-order valence-corrected chi connectivity index (χ4v) is 8.91. The van der Waals surface area contributed by atoms with Crippen molar-refractivity contribution in [2.24, 2.45) is 27.9 Å². The molecule has 4 aromatic rings. The van der Waals surface area contributed by atoms with Crippen LogP contribution in [0.25, 0.3) is 0 Å². The maximum Gasteiger partial charge on any atom is 0.270 e. The minimum atomic E-state index is -1.01. The number of carbonyl (C=O) groups excluding carboxylic acids is 3. The molecule has 376 valence electrons. The van der Waals surface area contributed by atoms with Gasteiger partial charge < -0.3 is 45.9 Å². The third kappa shape index (κ3) is 13.9. The lowest BCUT2D eigenvalue weighted by molar-refractivity contribution is -0.129. The van der Waals surface area contributed by atoms with Gasteiger partial charge in [-0.1, -0.05) is 22.4 Å². The monoisotopic (exact) mass is 990 g/mol. The molecule has 4 aliphatic rings. The van der Waals surface area contributed by atoms with E-state index >= 15 is 0 Å². The lowest BCUT2D eigenvalue weighted by atomic mass is 9.81. The van der Waals surface area contributed by atoms with Gasteiger partial charge in [0.2, 0.25) is 5.91 Å². The largest absolute Gasteiger partial charge is 0.494 e. The molecule has 0 spiro atoms. The summed E-state index contributed by atoms with van der Waals surface area (Å²) in [5.41, 5.74) is 10.4. The SMILES string of the molecule is COc1cc(CNC(=O)c2cc(C3=NOC(C4CCC(N)CC4)C3)nc(C)n2)ccc1F.COc1cc(CNC(=O)c2cc(C3=NOC(C4CCC(NC(=O)[C@H](C)O)CC4)C3)nc(C)n2)ccc1F.Cl. The van der Waals surface area contributed by atoms with Gasteiger partial charge in [0.25, 0.3) is 11.8 Å². The first-order valence-electron chi connectivity index (χ1n) is 23.3. The summed E-state index contributed by atoms with van der Waals surface area (Å²) in [7, 11) is 2.78. The number of benzene rings is 2.